The molecular formula is C26H23BrO5. The predicted octanol–water partition coefficient (Wildman–Crippen LogP) is 5.54. The first-order valence-electron chi connectivity index (χ1n) is 10.2. The van der Waals surface area contributed by atoms with Gasteiger partial charge in [-0.25, -0.2) is 4.79 Å². The minimum atomic E-state index is -0.557. The molecule has 0 aromatic heterocycles. The van der Waals surface area contributed by atoms with E-state index >= 15 is 0 Å². The van der Waals surface area contributed by atoms with E-state index in [2.05, 4.69) is 15.9 Å². The molecule has 0 N–H and O–H groups in total. The summed E-state index contributed by atoms with van der Waals surface area (Å²) in [4.78, 5) is 12.7. The Balaban J connectivity index is 1.52. The van der Waals surface area contributed by atoms with Crippen molar-refractivity contribution in [3.8, 4) is 11.5 Å². The van der Waals surface area contributed by atoms with Crippen molar-refractivity contribution in [2.75, 3.05) is 13.7 Å². The van der Waals surface area contributed by atoms with E-state index in [0.29, 0.717) is 11.3 Å². The van der Waals surface area contributed by atoms with Crippen LogP contribution in [-0.2, 0) is 9.47 Å². The molecular weight excluding hydrogens is 472 g/mol. The highest BCUT2D eigenvalue weighted by Crippen LogP contribution is 2.27. The zero-order chi connectivity index (χ0) is 22.3. The Kier molecular flexibility index (Phi) is 7.24. The third-order valence-electron chi connectivity index (χ3n) is 5.09. The Hall–Kier alpha value is -3.09. The van der Waals surface area contributed by atoms with Crippen LogP contribution in [0.25, 0.3) is 6.08 Å². The number of hydrogen-bond acceptors (Lipinski definition) is 5. The van der Waals surface area contributed by atoms with Crippen LogP contribution in [0.3, 0.4) is 0 Å². The van der Waals surface area contributed by atoms with E-state index in [1.54, 1.807) is 31.4 Å². The minimum Gasteiger partial charge on any atom is -0.497 e. The lowest BCUT2D eigenvalue weighted by Gasteiger charge is -2.23. The van der Waals surface area contributed by atoms with Gasteiger partial charge in [0.05, 0.1) is 19.3 Å². The molecule has 3 atom stereocenters. The van der Waals surface area contributed by atoms with E-state index in [1.165, 1.54) is 0 Å². The first kappa shape index (κ1) is 22.1. The maximum Gasteiger partial charge on any atom is 0.338 e. The molecule has 5 nitrogen and oxygen atoms in total. The van der Waals surface area contributed by atoms with Crippen molar-refractivity contribution in [3.05, 3.63) is 101 Å². The van der Waals surface area contributed by atoms with Gasteiger partial charge in [-0.3, -0.25) is 0 Å². The molecule has 1 fully saturated rings. The largest absolute Gasteiger partial charge is 0.497 e. The van der Waals surface area contributed by atoms with Crippen molar-refractivity contribution in [3.63, 3.8) is 0 Å². The van der Waals surface area contributed by atoms with Crippen LogP contribution in [0.5, 0.6) is 11.5 Å². The molecule has 0 bridgehead atoms. The molecule has 4 rings (SSSR count). The van der Waals surface area contributed by atoms with Gasteiger partial charge in [-0.15, -0.1) is 0 Å². The van der Waals surface area contributed by atoms with Crippen molar-refractivity contribution < 1.29 is 23.7 Å². The summed E-state index contributed by atoms with van der Waals surface area (Å²) in [7, 11) is 1.61. The van der Waals surface area contributed by atoms with Gasteiger partial charge in [0.25, 0.3) is 0 Å². The van der Waals surface area contributed by atoms with E-state index in [4.69, 9.17) is 18.9 Å². The lowest BCUT2D eigenvalue weighted by Crippen LogP contribution is -2.38. The normalized spacial score (nSPS) is 20.2. The van der Waals surface area contributed by atoms with Crippen LogP contribution in [0.4, 0.5) is 0 Å². The summed E-state index contributed by atoms with van der Waals surface area (Å²) in [6, 6.07) is 24.3. The van der Waals surface area contributed by atoms with E-state index in [0.717, 1.165) is 15.8 Å². The van der Waals surface area contributed by atoms with Crippen LogP contribution in [0.1, 0.15) is 15.9 Å². The summed E-state index contributed by atoms with van der Waals surface area (Å²) >= 11 is 3.38. The molecule has 1 aliphatic rings. The third kappa shape index (κ3) is 5.58. The summed E-state index contributed by atoms with van der Waals surface area (Å²) < 4.78 is 24.1. The van der Waals surface area contributed by atoms with E-state index in [-0.39, 0.29) is 12.7 Å². The van der Waals surface area contributed by atoms with Crippen molar-refractivity contribution in [2.24, 2.45) is 0 Å². The fraction of sp³-hybridized carbons (Fsp3) is 0.192. The number of carbonyl (C=O) groups excluding carboxylic acids is 1. The number of rotatable bonds is 7. The van der Waals surface area contributed by atoms with Gasteiger partial charge in [0, 0.05) is 4.47 Å². The smallest absolute Gasteiger partial charge is 0.338 e. The van der Waals surface area contributed by atoms with Gasteiger partial charge in [0.2, 0.25) is 0 Å². The number of benzene rings is 3. The zero-order valence-electron chi connectivity index (χ0n) is 17.5. The number of carbonyl (C=O) groups is 1. The molecule has 1 saturated heterocycles. The van der Waals surface area contributed by atoms with Crippen molar-refractivity contribution in [2.45, 2.75) is 18.3 Å². The van der Waals surface area contributed by atoms with Crippen molar-refractivity contribution in [1.82, 2.24) is 0 Å². The van der Waals surface area contributed by atoms with Gasteiger partial charge < -0.3 is 18.9 Å². The monoisotopic (exact) mass is 494 g/mol. The molecule has 32 heavy (non-hydrogen) atoms. The molecule has 1 aliphatic heterocycles. The average molecular weight is 495 g/mol. The molecule has 0 radical (unpaired) electrons. The van der Waals surface area contributed by atoms with E-state index < -0.39 is 18.2 Å². The molecule has 0 saturated carbocycles. The van der Waals surface area contributed by atoms with Crippen molar-refractivity contribution in [1.29, 1.82) is 0 Å². The topological polar surface area (TPSA) is 54.0 Å². The van der Waals surface area contributed by atoms with Crippen LogP contribution < -0.4 is 9.47 Å². The van der Waals surface area contributed by atoms with Gasteiger partial charge in [0.15, 0.2) is 12.2 Å². The third-order valence-corrected chi connectivity index (χ3v) is 5.62. The predicted molar refractivity (Wildman–Crippen MR) is 126 cm³/mol. The number of ether oxygens (including phenoxy) is 4. The molecule has 3 aromatic carbocycles. The summed E-state index contributed by atoms with van der Waals surface area (Å²) in [6.07, 6.45) is 2.49. The summed E-state index contributed by atoms with van der Waals surface area (Å²) in [5.41, 5.74) is 1.52. The lowest BCUT2D eigenvalue weighted by molar-refractivity contribution is 0.00531. The molecule has 0 aliphatic carbocycles. The highest BCUT2D eigenvalue weighted by molar-refractivity contribution is 9.10. The molecule has 164 valence electrons. The Morgan fingerprint density at radius 2 is 1.66 bits per heavy atom. The Bertz CT molecular complexity index is 1050. The van der Waals surface area contributed by atoms with Crippen LogP contribution in [0, 0.1) is 0 Å². The van der Waals surface area contributed by atoms with Gasteiger partial charge in [-0.05, 0) is 54.1 Å². The second kappa shape index (κ2) is 10.5. The molecule has 0 spiro atoms. The number of esters is 1. The highest BCUT2D eigenvalue weighted by Gasteiger charge is 2.40. The first-order valence-corrected chi connectivity index (χ1v) is 11.0. The summed E-state index contributed by atoms with van der Waals surface area (Å²) in [5.74, 6) is 0.963. The van der Waals surface area contributed by atoms with Gasteiger partial charge in [-0.2, -0.15) is 0 Å². The average Bonchev–Trinajstić information content (AvgIpc) is 3.20. The van der Waals surface area contributed by atoms with E-state index in [1.807, 2.05) is 66.7 Å². The Morgan fingerprint density at radius 1 is 0.969 bits per heavy atom. The van der Waals surface area contributed by atoms with Crippen LogP contribution in [0.15, 0.2) is 89.4 Å². The van der Waals surface area contributed by atoms with Crippen molar-refractivity contribution >= 4 is 28.0 Å². The molecule has 1 heterocycles. The molecule has 0 unspecified atom stereocenters. The number of methoxy groups -OCH3 is 1. The molecule has 6 heteroatoms. The zero-order valence-corrected chi connectivity index (χ0v) is 19.1. The second-order valence-electron chi connectivity index (χ2n) is 7.28. The Morgan fingerprint density at radius 3 is 2.34 bits per heavy atom. The second-order valence-corrected chi connectivity index (χ2v) is 8.19. The first-order chi connectivity index (χ1) is 15.6. The maximum absolute atomic E-state index is 12.7. The quantitative estimate of drug-likeness (QED) is 0.403. The van der Waals surface area contributed by atoms with Gasteiger partial charge in [-0.1, -0.05) is 58.4 Å². The van der Waals surface area contributed by atoms with Crippen LogP contribution >= 0.6 is 15.9 Å². The van der Waals surface area contributed by atoms with Crippen LogP contribution in [0.2, 0.25) is 0 Å². The van der Waals surface area contributed by atoms with Gasteiger partial charge in [0.1, 0.15) is 17.6 Å². The summed E-state index contributed by atoms with van der Waals surface area (Å²) in [6.45, 7) is 0.243. The highest BCUT2D eigenvalue weighted by atomic mass is 79.9. The minimum absolute atomic E-state index is 0.243. The number of halogens is 1. The summed E-state index contributed by atoms with van der Waals surface area (Å²) in [5, 5.41) is 0. The fourth-order valence-electron chi connectivity index (χ4n) is 3.39. The number of hydrogen-bond donors (Lipinski definition) is 0. The molecule has 0 amide bonds. The van der Waals surface area contributed by atoms with E-state index in [9.17, 15) is 4.79 Å². The lowest BCUT2D eigenvalue weighted by atomic mass is 10.1. The Labute approximate surface area is 195 Å². The van der Waals surface area contributed by atoms with Gasteiger partial charge >= 0.3 is 5.97 Å². The SMILES string of the molecule is COc1ccc(O[C@H]2[C@H](/C=C/c3ccccc3)OC[C@H]2OC(=O)c2ccc(Br)cc2)cc1. The van der Waals surface area contributed by atoms with Crippen LogP contribution in [-0.4, -0.2) is 38.0 Å². The fourth-order valence-corrected chi connectivity index (χ4v) is 3.65. The maximum atomic E-state index is 12.7. The standard InChI is InChI=1S/C26H23BrO5/c1-29-21-12-14-22(15-13-21)31-25-23(16-7-18-5-3-2-4-6-18)30-17-24(25)32-26(28)19-8-10-20(27)11-9-19/h2-16,23-25H,17H2,1H3/b16-7+/t23-,24+,25-/m0/s1. The molecule has 3 aromatic rings.